The SMILES string of the molecule is CCOc1ccc(OCC(=O)NC2(C(=O)O)CCCCC2)cc1. The highest BCUT2D eigenvalue weighted by Gasteiger charge is 2.40. The van der Waals surface area contributed by atoms with Crippen molar-refractivity contribution in [3.63, 3.8) is 0 Å². The van der Waals surface area contributed by atoms with Crippen molar-refractivity contribution in [1.29, 1.82) is 0 Å². The van der Waals surface area contributed by atoms with Crippen LogP contribution in [0.2, 0.25) is 0 Å². The molecule has 1 aliphatic rings. The lowest BCUT2D eigenvalue weighted by Crippen LogP contribution is -2.56. The molecule has 6 nitrogen and oxygen atoms in total. The number of aliphatic carboxylic acids is 1. The van der Waals surface area contributed by atoms with Gasteiger partial charge in [0.15, 0.2) is 6.61 Å². The molecule has 1 saturated carbocycles. The third-order valence-electron chi connectivity index (χ3n) is 4.00. The Bertz CT molecular complexity index is 534. The lowest BCUT2D eigenvalue weighted by molar-refractivity contribution is -0.149. The first-order chi connectivity index (χ1) is 11.1. The van der Waals surface area contributed by atoms with Gasteiger partial charge in [0.1, 0.15) is 17.0 Å². The van der Waals surface area contributed by atoms with Crippen molar-refractivity contribution in [2.24, 2.45) is 0 Å². The monoisotopic (exact) mass is 321 g/mol. The minimum Gasteiger partial charge on any atom is -0.494 e. The lowest BCUT2D eigenvalue weighted by Gasteiger charge is -2.33. The molecule has 0 spiro atoms. The Balaban J connectivity index is 1.87. The summed E-state index contributed by atoms with van der Waals surface area (Å²) >= 11 is 0. The molecule has 6 heteroatoms. The maximum absolute atomic E-state index is 12.0. The van der Waals surface area contributed by atoms with Gasteiger partial charge in [0, 0.05) is 0 Å². The molecule has 2 rings (SSSR count). The number of hydrogen-bond acceptors (Lipinski definition) is 4. The zero-order valence-corrected chi connectivity index (χ0v) is 13.3. The number of carboxylic acid groups (broad SMARTS) is 1. The number of amides is 1. The van der Waals surface area contributed by atoms with Gasteiger partial charge in [-0.15, -0.1) is 0 Å². The van der Waals surface area contributed by atoms with E-state index in [1.54, 1.807) is 24.3 Å². The predicted octanol–water partition coefficient (Wildman–Crippen LogP) is 2.37. The van der Waals surface area contributed by atoms with Crippen LogP contribution in [0.3, 0.4) is 0 Å². The maximum atomic E-state index is 12.0. The Kier molecular flexibility index (Phi) is 5.84. The summed E-state index contributed by atoms with van der Waals surface area (Å²) < 4.78 is 10.7. The minimum atomic E-state index is -1.14. The minimum absolute atomic E-state index is 0.205. The van der Waals surface area contributed by atoms with Gasteiger partial charge in [0.2, 0.25) is 0 Å². The fourth-order valence-electron chi connectivity index (χ4n) is 2.80. The molecule has 126 valence electrons. The molecule has 0 saturated heterocycles. The summed E-state index contributed by atoms with van der Waals surface area (Å²) in [4.78, 5) is 23.6. The van der Waals surface area contributed by atoms with Gasteiger partial charge in [0.25, 0.3) is 5.91 Å². The molecule has 1 amide bonds. The molecule has 2 N–H and O–H groups in total. The second-order valence-corrected chi connectivity index (χ2v) is 5.69. The average Bonchev–Trinajstić information content (AvgIpc) is 2.55. The van der Waals surface area contributed by atoms with Crippen LogP contribution in [0.15, 0.2) is 24.3 Å². The summed E-state index contributed by atoms with van der Waals surface area (Å²) in [7, 11) is 0. The van der Waals surface area contributed by atoms with Crippen molar-refractivity contribution in [1.82, 2.24) is 5.32 Å². The Morgan fingerprint density at radius 2 is 1.65 bits per heavy atom. The van der Waals surface area contributed by atoms with Crippen LogP contribution in [0.1, 0.15) is 39.0 Å². The summed E-state index contributed by atoms with van der Waals surface area (Å²) in [6.07, 6.45) is 3.57. The second-order valence-electron chi connectivity index (χ2n) is 5.69. The van der Waals surface area contributed by atoms with Gasteiger partial charge < -0.3 is 19.9 Å². The van der Waals surface area contributed by atoms with E-state index in [9.17, 15) is 14.7 Å². The normalized spacial score (nSPS) is 16.4. The van der Waals surface area contributed by atoms with Crippen molar-refractivity contribution in [2.75, 3.05) is 13.2 Å². The third-order valence-corrected chi connectivity index (χ3v) is 4.00. The zero-order chi connectivity index (χ0) is 16.7. The zero-order valence-electron chi connectivity index (χ0n) is 13.3. The molecule has 0 bridgehead atoms. The van der Waals surface area contributed by atoms with Gasteiger partial charge in [-0.1, -0.05) is 19.3 Å². The smallest absolute Gasteiger partial charge is 0.329 e. The Morgan fingerprint density at radius 3 is 2.17 bits per heavy atom. The lowest BCUT2D eigenvalue weighted by atomic mass is 9.81. The van der Waals surface area contributed by atoms with Crippen molar-refractivity contribution in [2.45, 2.75) is 44.6 Å². The predicted molar refractivity (Wildman–Crippen MR) is 84.7 cm³/mol. The van der Waals surface area contributed by atoms with Crippen LogP contribution in [0.4, 0.5) is 0 Å². The van der Waals surface area contributed by atoms with Crippen molar-refractivity contribution in [3.05, 3.63) is 24.3 Å². The largest absolute Gasteiger partial charge is 0.494 e. The first kappa shape index (κ1) is 17.1. The summed E-state index contributed by atoms with van der Waals surface area (Å²) in [5, 5.41) is 12.1. The van der Waals surface area contributed by atoms with Crippen LogP contribution < -0.4 is 14.8 Å². The first-order valence-electron chi connectivity index (χ1n) is 7.96. The van der Waals surface area contributed by atoms with Gasteiger partial charge in [-0.3, -0.25) is 4.79 Å². The molecule has 1 fully saturated rings. The first-order valence-corrected chi connectivity index (χ1v) is 7.96. The van der Waals surface area contributed by atoms with E-state index in [0.29, 0.717) is 25.2 Å². The molecule has 0 atom stereocenters. The van der Waals surface area contributed by atoms with Crippen LogP contribution in [0.25, 0.3) is 0 Å². The number of benzene rings is 1. The molecule has 0 unspecified atom stereocenters. The Morgan fingerprint density at radius 1 is 1.09 bits per heavy atom. The van der Waals surface area contributed by atoms with Crippen LogP contribution in [0.5, 0.6) is 11.5 Å². The van der Waals surface area contributed by atoms with Crippen molar-refractivity contribution in [3.8, 4) is 11.5 Å². The molecule has 0 heterocycles. The molecule has 1 aromatic carbocycles. The highest BCUT2D eigenvalue weighted by atomic mass is 16.5. The van der Waals surface area contributed by atoms with Gasteiger partial charge in [-0.05, 0) is 44.0 Å². The van der Waals surface area contributed by atoms with E-state index in [-0.39, 0.29) is 6.61 Å². The summed E-state index contributed by atoms with van der Waals surface area (Å²) in [5.74, 6) is -0.109. The molecule has 0 radical (unpaired) electrons. The number of nitrogens with one attached hydrogen (secondary N) is 1. The molecule has 1 aromatic rings. The number of carboxylic acids is 1. The average molecular weight is 321 g/mol. The number of carbonyl (C=O) groups excluding carboxylic acids is 1. The number of hydrogen-bond donors (Lipinski definition) is 2. The van der Waals surface area contributed by atoms with Crippen LogP contribution >= 0.6 is 0 Å². The van der Waals surface area contributed by atoms with Gasteiger partial charge in [0.05, 0.1) is 6.61 Å². The van der Waals surface area contributed by atoms with Crippen molar-refractivity contribution < 1.29 is 24.2 Å². The molecular weight excluding hydrogens is 298 g/mol. The Hall–Kier alpha value is -2.24. The summed E-state index contributed by atoms with van der Waals surface area (Å²) in [5.41, 5.74) is -1.14. The maximum Gasteiger partial charge on any atom is 0.329 e. The standard InChI is InChI=1S/C17H23NO5/c1-2-22-13-6-8-14(9-7-13)23-12-15(19)18-17(16(20)21)10-4-3-5-11-17/h6-9H,2-5,10-12H2,1H3,(H,18,19)(H,20,21). The van der Waals surface area contributed by atoms with E-state index < -0.39 is 17.4 Å². The van der Waals surface area contributed by atoms with Crippen LogP contribution in [0, 0.1) is 0 Å². The van der Waals surface area contributed by atoms with E-state index in [1.807, 2.05) is 6.92 Å². The highest BCUT2D eigenvalue weighted by Crippen LogP contribution is 2.28. The highest BCUT2D eigenvalue weighted by molar-refractivity contribution is 5.87. The van der Waals surface area contributed by atoms with Gasteiger partial charge in [-0.2, -0.15) is 0 Å². The molecule has 0 aromatic heterocycles. The van der Waals surface area contributed by atoms with Crippen LogP contribution in [-0.2, 0) is 9.59 Å². The number of ether oxygens (including phenoxy) is 2. The summed E-state index contributed by atoms with van der Waals surface area (Å²) in [6, 6.07) is 6.95. The Labute approximate surface area is 135 Å². The number of carbonyl (C=O) groups is 2. The molecular formula is C17H23NO5. The van der Waals surface area contributed by atoms with E-state index in [2.05, 4.69) is 5.32 Å². The van der Waals surface area contributed by atoms with E-state index >= 15 is 0 Å². The van der Waals surface area contributed by atoms with E-state index in [1.165, 1.54) is 0 Å². The van der Waals surface area contributed by atoms with Crippen LogP contribution in [-0.4, -0.2) is 35.7 Å². The third kappa shape index (κ3) is 4.61. The summed E-state index contributed by atoms with van der Waals surface area (Å²) in [6.45, 7) is 2.28. The van der Waals surface area contributed by atoms with E-state index in [4.69, 9.17) is 9.47 Å². The molecule has 1 aliphatic carbocycles. The quantitative estimate of drug-likeness (QED) is 0.805. The van der Waals surface area contributed by atoms with Crippen molar-refractivity contribution >= 4 is 11.9 Å². The fourth-order valence-corrected chi connectivity index (χ4v) is 2.80. The van der Waals surface area contributed by atoms with E-state index in [0.717, 1.165) is 25.0 Å². The van der Waals surface area contributed by atoms with Gasteiger partial charge in [-0.25, -0.2) is 4.79 Å². The number of rotatable bonds is 7. The molecule has 0 aliphatic heterocycles. The fraction of sp³-hybridized carbons (Fsp3) is 0.529. The second kappa shape index (κ2) is 7.85. The van der Waals surface area contributed by atoms with Gasteiger partial charge >= 0.3 is 5.97 Å². The molecule has 23 heavy (non-hydrogen) atoms. The topological polar surface area (TPSA) is 84.9 Å².